The lowest BCUT2D eigenvalue weighted by Gasteiger charge is -2.34. The molecule has 0 aromatic rings. The summed E-state index contributed by atoms with van der Waals surface area (Å²) in [5, 5.41) is 0. The quantitative estimate of drug-likeness (QED) is 0.516. The number of carbonyl (C=O) groups excluding carboxylic acids is 1. The minimum Gasteiger partial charge on any atom is -0.302 e. The Balaban J connectivity index is 2.11. The van der Waals surface area contributed by atoms with Crippen LogP contribution in [0.2, 0.25) is 0 Å². The zero-order chi connectivity index (χ0) is 11.8. The number of hydrogen-bond donors (Lipinski definition) is 0. The van der Waals surface area contributed by atoms with Gasteiger partial charge in [-0.2, -0.15) is 0 Å². The van der Waals surface area contributed by atoms with Gasteiger partial charge in [0.1, 0.15) is 6.29 Å². The number of aldehydes is 1. The highest BCUT2D eigenvalue weighted by Gasteiger charge is 2.53. The fourth-order valence-electron chi connectivity index (χ4n) is 3.60. The van der Waals surface area contributed by atoms with E-state index < -0.39 is 0 Å². The second-order valence-corrected chi connectivity index (χ2v) is 5.71. The maximum Gasteiger partial charge on any atom is 0.130 e. The number of carbonyl (C=O) groups is 1. The van der Waals surface area contributed by atoms with Gasteiger partial charge in [0.2, 0.25) is 0 Å². The molecular weight excluding hydrogens is 196 g/mol. The van der Waals surface area contributed by atoms with E-state index in [1.54, 1.807) is 0 Å². The standard InChI is InChI=1S/C15H22O/c1-11(2)5-4-8-15(10-16)12(3)13-6-7-14(15)9-13/h5,10,13-14H,3-4,6-9H2,1-2H3. The third-order valence-electron chi connectivity index (χ3n) is 4.57. The Kier molecular flexibility index (Phi) is 3.05. The van der Waals surface area contributed by atoms with Crippen molar-refractivity contribution in [3.63, 3.8) is 0 Å². The second kappa shape index (κ2) is 4.20. The minimum absolute atomic E-state index is 0.172. The van der Waals surface area contributed by atoms with E-state index in [0.717, 1.165) is 12.8 Å². The van der Waals surface area contributed by atoms with Crippen LogP contribution in [-0.2, 0) is 4.79 Å². The average Bonchev–Trinajstić information content (AvgIpc) is 2.80. The van der Waals surface area contributed by atoms with Gasteiger partial charge in [0, 0.05) is 5.41 Å². The zero-order valence-corrected chi connectivity index (χ0v) is 10.5. The van der Waals surface area contributed by atoms with Crippen molar-refractivity contribution in [3.8, 4) is 0 Å². The molecule has 0 amide bonds. The van der Waals surface area contributed by atoms with Crippen molar-refractivity contribution in [3.05, 3.63) is 23.8 Å². The van der Waals surface area contributed by atoms with Gasteiger partial charge in [-0.25, -0.2) is 0 Å². The molecule has 2 aliphatic carbocycles. The summed E-state index contributed by atoms with van der Waals surface area (Å²) >= 11 is 0. The summed E-state index contributed by atoms with van der Waals surface area (Å²) in [6, 6.07) is 0. The van der Waals surface area contributed by atoms with Crippen LogP contribution in [0.1, 0.15) is 46.0 Å². The van der Waals surface area contributed by atoms with E-state index in [9.17, 15) is 4.79 Å². The first-order valence-corrected chi connectivity index (χ1v) is 6.39. The maximum absolute atomic E-state index is 11.5. The van der Waals surface area contributed by atoms with Crippen LogP contribution in [-0.4, -0.2) is 6.29 Å². The summed E-state index contributed by atoms with van der Waals surface area (Å²) in [6.45, 7) is 8.44. The first-order valence-electron chi connectivity index (χ1n) is 6.39. The SMILES string of the molecule is C=C1C2CCC(C2)C1(C=O)CCC=C(C)C. The summed E-state index contributed by atoms with van der Waals surface area (Å²) in [4.78, 5) is 11.5. The molecule has 2 aliphatic rings. The molecule has 16 heavy (non-hydrogen) atoms. The topological polar surface area (TPSA) is 17.1 Å². The maximum atomic E-state index is 11.5. The van der Waals surface area contributed by atoms with Gasteiger partial charge in [-0.05, 0) is 57.8 Å². The molecule has 2 saturated carbocycles. The predicted molar refractivity (Wildman–Crippen MR) is 67.1 cm³/mol. The molecule has 2 fully saturated rings. The molecule has 0 radical (unpaired) electrons. The van der Waals surface area contributed by atoms with Gasteiger partial charge < -0.3 is 4.79 Å². The second-order valence-electron chi connectivity index (χ2n) is 5.71. The highest BCUT2D eigenvalue weighted by Crippen LogP contribution is 2.59. The van der Waals surface area contributed by atoms with Gasteiger partial charge in [-0.1, -0.05) is 23.8 Å². The molecule has 3 unspecified atom stereocenters. The Morgan fingerprint density at radius 3 is 2.75 bits per heavy atom. The third kappa shape index (κ3) is 1.66. The van der Waals surface area contributed by atoms with Crippen LogP contribution in [0, 0.1) is 17.3 Å². The molecule has 0 aromatic heterocycles. The van der Waals surface area contributed by atoms with E-state index in [1.807, 2.05) is 0 Å². The van der Waals surface area contributed by atoms with Gasteiger partial charge >= 0.3 is 0 Å². The zero-order valence-electron chi connectivity index (χ0n) is 10.5. The molecule has 0 saturated heterocycles. The van der Waals surface area contributed by atoms with Gasteiger partial charge in [0.25, 0.3) is 0 Å². The van der Waals surface area contributed by atoms with Gasteiger partial charge in [-0.15, -0.1) is 0 Å². The van der Waals surface area contributed by atoms with E-state index in [1.165, 1.54) is 36.7 Å². The molecule has 0 N–H and O–H groups in total. The van der Waals surface area contributed by atoms with Crippen molar-refractivity contribution in [2.45, 2.75) is 46.0 Å². The number of rotatable bonds is 4. The highest BCUT2D eigenvalue weighted by molar-refractivity contribution is 5.68. The molecule has 1 heteroatoms. The normalized spacial score (nSPS) is 36.5. The molecule has 2 rings (SSSR count). The Morgan fingerprint density at radius 2 is 2.25 bits per heavy atom. The van der Waals surface area contributed by atoms with Crippen LogP contribution in [0.15, 0.2) is 23.8 Å². The van der Waals surface area contributed by atoms with Crippen molar-refractivity contribution in [2.24, 2.45) is 17.3 Å². The first kappa shape index (κ1) is 11.6. The van der Waals surface area contributed by atoms with Crippen molar-refractivity contribution < 1.29 is 4.79 Å². The molecule has 88 valence electrons. The van der Waals surface area contributed by atoms with Crippen molar-refractivity contribution in [1.82, 2.24) is 0 Å². The van der Waals surface area contributed by atoms with E-state index >= 15 is 0 Å². The van der Waals surface area contributed by atoms with Gasteiger partial charge in [0.05, 0.1) is 0 Å². The Morgan fingerprint density at radius 1 is 1.50 bits per heavy atom. The van der Waals surface area contributed by atoms with Crippen LogP contribution in [0.4, 0.5) is 0 Å². The van der Waals surface area contributed by atoms with E-state index in [0.29, 0.717) is 11.8 Å². The predicted octanol–water partition coefficient (Wildman–Crippen LogP) is 3.90. The summed E-state index contributed by atoms with van der Waals surface area (Å²) in [5.74, 6) is 1.23. The van der Waals surface area contributed by atoms with E-state index in [4.69, 9.17) is 0 Å². The first-order chi connectivity index (χ1) is 7.60. The van der Waals surface area contributed by atoms with E-state index in [2.05, 4.69) is 26.5 Å². The largest absolute Gasteiger partial charge is 0.302 e. The summed E-state index contributed by atoms with van der Waals surface area (Å²) in [6.07, 6.45) is 9.15. The van der Waals surface area contributed by atoms with Crippen molar-refractivity contribution in [2.75, 3.05) is 0 Å². The van der Waals surface area contributed by atoms with Crippen LogP contribution in [0.3, 0.4) is 0 Å². The third-order valence-corrected chi connectivity index (χ3v) is 4.57. The molecule has 0 heterocycles. The highest BCUT2D eigenvalue weighted by atomic mass is 16.1. The summed E-state index contributed by atoms with van der Waals surface area (Å²) in [5.41, 5.74) is 2.41. The lowest BCUT2D eigenvalue weighted by Crippen LogP contribution is -2.31. The van der Waals surface area contributed by atoms with Crippen LogP contribution < -0.4 is 0 Å². The van der Waals surface area contributed by atoms with Crippen molar-refractivity contribution >= 4 is 6.29 Å². The summed E-state index contributed by atoms with van der Waals surface area (Å²) < 4.78 is 0. The molecular formula is C15H22O. The molecule has 2 bridgehead atoms. The number of fused-ring (bicyclic) bond motifs is 2. The molecule has 1 nitrogen and oxygen atoms in total. The van der Waals surface area contributed by atoms with Gasteiger partial charge in [0.15, 0.2) is 0 Å². The van der Waals surface area contributed by atoms with Gasteiger partial charge in [-0.3, -0.25) is 0 Å². The van der Waals surface area contributed by atoms with E-state index in [-0.39, 0.29) is 5.41 Å². The lowest BCUT2D eigenvalue weighted by molar-refractivity contribution is -0.116. The minimum atomic E-state index is -0.172. The average molecular weight is 218 g/mol. The number of allylic oxidation sites excluding steroid dienone is 3. The number of hydrogen-bond acceptors (Lipinski definition) is 1. The van der Waals surface area contributed by atoms with Crippen LogP contribution >= 0.6 is 0 Å². The summed E-state index contributed by atoms with van der Waals surface area (Å²) in [7, 11) is 0. The molecule has 3 atom stereocenters. The Hall–Kier alpha value is -0.850. The molecule has 0 aliphatic heterocycles. The Labute approximate surface area is 98.6 Å². The smallest absolute Gasteiger partial charge is 0.130 e. The fraction of sp³-hybridized carbons (Fsp3) is 0.667. The molecule has 0 spiro atoms. The Bertz CT molecular complexity index is 335. The monoisotopic (exact) mass is 218 g/mol. The lowest BCUT2D eigenvalue weighted by atomic mass is 9.68. The fourth-order valence-corrected chi connectivity index (χ4v) is 3.60. The van der Waals surface area contributed by atoms with Crippen molar-refractivity contribution in [1.29, 1.82) is 0 Å². The van der Waals surface area contributed by atoms with Crippen LogP contribution in [0.25, 0.3) is 0 Å². The molecule has 0 aromatic carbocycles. The van der Waals surface area contributed by atoms with Crippen LogP contribution in [0.5, 0.6) is 0 Å².